The fourth-order valence-electron chi connectivity index (χ4n) is 1.99. The molecule has 3 rings (SSSR count). The number of para-hydroxylation sites is 1. The van der Waals surface area contributed by atoms with Crippen molar-refractivity contribution in [2.75, 3.05) is 0 Å². The van der Waals surface area contributed by atoms with Crippen LogP contribution in [0.2, 0.25) is 0 Å². The van der Waals surface area contributed by atoms with Crippen LogP contribution in [0.1, 0.15) is 5.56 Å². The predicted octanol–water partition coefficient (Wildman–Crippen LogP) is 3.45. The van der Waals surface area contributed by atoms with Crippen LogP contribution < -0.4 is 4.74 Å². The van der Waals surface area contributed by atoms with Gasteiger partial charge < -0.3 is 14.8 Å². The first-order chi connectivity index (χ1) is 8.83. The Kier molecular flexibility index (Phi) is 2.65. The number of hydrogen-bond acceptors (Lipinski definition) is 2. The Morgan fingerprint density at radius 3 is 2.83 bits per heavy atom. The summed E-state index contributed by atoms with van der Waals surface area (Å²) in [7, 11) is 0. The van der Waals surface area contributed by atoms with Crippen LogP contribution in [0.25, 0.3) is 10.9 Å². The summed E-state index contributed by atoms with van der Waals surface area (Å²) in [5.74, 6) is 0.881. The molecule has 0 atom stereocenters. The zero-order valence-corrected chi connectivity index (χ0v) is 9.76. The smallest absolute Gasteiger partial charge is 0.123 e. The largest absolute Gasteiger partial charge is 0.508 e. The number of aromatic amines is 1. The number of nitrogens with one attached hydrogen (secondary N) is 1. The summed E-state index contributed by atoms with van der Waals surface area (Å²) in [6.07, 6.45) is 1.95. The van der Waals surface area contributed by atoms with Gasteiger partial charge in [-0.25, -0.2) is 0 Å². The maximum absolute atomic E-state index is 9.36. The molecule has 2 N–H and O–H groups in total. The molecule has 18 heavy (non-hydrogen) atoms. The maximum Gasteiger partial charge on any atom is 0.123 e. The number of hydrogen-bond donors (Lipinski definition) is 2. The number of H-pyrrole nitrogens is 1. The van der Waals surface area contributed by atoms with Gasteiger partial charge in [-0.3, -0.25) is 0 Å². The van der Waals surface area contributed by atoms with Crippen molar-refractivity contribution in [2.45, 2.75) is 6.61 Å². The zero-order valence-electron chi connectivity index (χ0n) is 9.76. The van der Waals surface area contributed by atoms with Crippen molar-refractivity contribution in [3.05, 3.63) is 60.3 Å². The highest BCUT2D eigenvalue weighted by atomic mass is 16.5. The van der Waals surface area contributed by atoms with E-state index >= 15 is 0 Å². The molecule has 0 aliphatic rings. The van der Waals surface area contributed by atoms with Crippen molar-refractivity contribution in [1.29, 1.82) is 0 Å². The lowest BCUT2D eigenvalue weighted by Gasteiger charge is -2.05. The third kappa shape index (κ3) is 2.02. The molecule has 1 aromatic heterocycles. The number of ether oxygens (including phenoxy) is 1. The topological polar surface area (TPSA) is 45.2 Å². The van der Waals surface area contributed by atoms with E-state index in [4.69, 9.17) is 4.74 Å². The van der Waals surface area contributed by atoms with Crippen molar-refractivity contribution >= 4 is 10.9 Å². The minimum absolute atomic E-state index is 0.214. The number of phenolic OH excluding ortho intramolecular Hbond substituents is 1. The second kappa shape index (κ2) is 4.45. The molecule has 0 aliphatic heterocycles. The number of benzene rings is 2. The van der Waals surface area contributed by atoms with Gasteiger partial charge >= 0.3 is 0 Å². The lowest BCUT2D eigenvalue weighted by atomic mass is 10.2. The third-order valence-electron chi connectivity index (χ3n) is 2.89. The number of fused-ring (bicyclic) bond motifs is 1. The quantitative estimate of drug-likeness (QED) is 0.735. The van der Waals surface area contributed by atoms with Crippen LogP contribution in [0, 0.1) is 0 Å². The van der Waals surface area contributed by atoms with E-state index < -0.39 is 0 Å². The summed E-state index contributed by atoms with van der Waals surface area (Å²) in [5.41, 5.74) is 2.21. The third-order valence-corrected chi connectivity index (χ3v) is 2.89. The van der Waals surface area contributed by atoms with Gasteiger partial charge in [0.05, 0.1) is 0 Å². The standard InChI is InChI=1S/C15H13NO2/c17-12-4-3-5-13(8-12)18-10-11-9-16-15-7-2-1-6-14(11)15/h1-9,16-17H,10H2. The lowest BCUT2D eigenvalue weighted by Crippen LogP contribution is -1.93. The van der Waals surface area contributed by atoms with Crippen molar-refractivity contribution in [2.24, 2.45) is 0 Å². The first-order valence-electron chi connectivity index (χ1n) is 5.80. The Bertz CT molecular complexity index is 673. The first-order valence-corrected chi connectivity index (χ1v) is 5.80. The van der Waals surface area contributed by atoms with Gasteiger partial charge in [-0.15, -0.1) is 0 Å². The van der Waals surface area contributed by atoms with Crippen LogP contribution in [0.5, 0.6) is 11.5 Å². The van der Waals surface area contributed by atoms with Crippen molar-refractivity contribution in [1.82, 2.24) is 4.98 Å². The molecule has 2 aromatic carbocycles. The van der Waals surface area contributed by atoms with E-state index in [0.29, 0.717) is 12.4 Å². The molecule has 0 amide bonds. The minimum Gasteiger partial charge on any atom is -0.508 e. The molecule has 0 unspecified atom stereocenters. The van der Waals surface area contributed by atoms with Gasteiger partial charge in [0.1, 0.15) is 18.1 Å². The molecule has 0 spiro atoms. The Morgan fingerprint density at radius 1 is 1.06 bits per heavy atom. The van der Waals surface area contributed by atoms with Gasteiger partial charge in [-0.1, -0.05) is 24.3 Å². The maximum atomic E-state index is 9.36. The van der Waals surface area contributed by atoms with Crippen LogP contribution in [0.4, 0.5) is 0 Å². The molecule has 0 saturated heterocycles. The predicted molar refractivity (Wildman–Crippen MR) is 70.7 cm³/mol. The summed E-state index contributed by atoms with van der Waals surface area (Å²) in [6, 6.07) is 14.9. The van der Waals surface area contributed by atoms with Gasteiger partial charge in [-0.05, 0) is 18.2 Å². The summed E-state index contributed by atoms with van der Waals surface area (Å²) >= 11 is 0. The van der Waals surface area contributed by atoms with Crippen LogP contribution in [0.15, 0.2) is 54.7 Å². The highest BCUT2D eigenvalue weighted by Crippen LogP contribution is 2.22. The molecule has 1 heterocycles. The Morgan fingerprint density at radius 2 is 1.94 bits per heavy atom. The molecule has 3 aromatic rings. The molecule has 90 valence electrons. The highest BCUT2D eigenvalue weighted by Gasteiger charge is 2.03. The number of aromatic hydroxyl groups is 1. The fourth-order valence-corrected chi connectivity index (χ4v) is 1.99. The fraction of sp³-hybridized carbons (Fsp3) is 0.0667. The SMILES string of the molecule is Oc1cccc(OCc2c[nH]c3ccccc23)c1. The summed E-state index contributed by atoms with van der Waals surface area (Å²) in [6.45, 7) is 0.480. The molecule has 3 heteroatoms. The average molecular weight is 239 g/mol. The van der Waals surface area contributed by atoms with Crippen LogP contribution in [-0.2, 0) is 6.61 Å². The second-order valence-corrected chi connectivity index (χ2v) is 4.15. The molecular formula is C15H13NO2. The molecule has 0 fully saturated rings. The van der Waals surface area contributed by atoms with Crippen molar-refractivity contribution < 1.29 is 9.84 Å². The van der Waals surface area contributed by atoms with Gasteiger partial charge in [-0.2, -0.15) is 0 Å². The van der Waals surface area contributed by atoms with Gasteiger partial charge in [0.2, 0.25) is 0 Å². The Hall–Kier alpha value is -2.42. The molecule has 3 nitrogen and oxygen atoms in total. The van der Waals surface area contributed by atoms with E-state index in [2.05, 4.69) is 11.1 Å². The van der Waals surface area contributed by atoms with E-state index in [0.717, 1.165) is 16.5 Å². The van der Waals surface area contributed by atoms with Crippen LogP contribution in [-0.4, -0.2) is 10.1 Å². The molecule has 0 bridgehead atoms. The number of phenols is 1. The van der Waals surface area contributed by atoms with E-state index in [1.54, 1.807) is 18.2 Å². The molecular weight excluding hydrogens is 226 g/mol. The zero-order chi connectivity index (χ0) is 12.4. The van der Waals surface area contributed by atoms with Crippen LogP contribution in [0.3, 0.4) is 0 Å². The van der Waals surface area contributed by atoms with Crippen molar-refractivity contribution in [3.8, 4) is 11.5 Å². The van der Waals surface area contributed by atoms with E-state index in [1.165, 1.54) is 0 Å². The van der Waals surface area contributed by atoms with Gasteiger partial charge in [0.25, 0.3) is 0 Å². The number of aromatic nitrogens is 1. The van der Waals surface area contributed by atoms with Gasteiger partial charge in [0, 0.05) is 28.7 Å². The monoisotopic (exact) mass is 239 g/mol. The molecule has 0 aliphatic carbocycles. The normalized spacial score (nSPS) is 10.7. The summed E-state index contributed by atoms with van der Waals surface area (Å²) < 4.78 is 5.66. The average Bonchev–Trinajstić information content (AvgIpc) is 2.80. The lowest BCUT2D eigenvalue weighted by molar-refractivity contribution is 0.306. The summed E-state index contributed by atoms with van der Waals surface area (Å²) in [4.78, 5) is 3.21. The van der Waals surface area contributed by atoms with E-state index in [-0.39, 0.29) is 5.75 Å². The van der Waals surface area contributed by atoms with Crippen molar-refractivity contribution in [3.63, 3.8) is 0 Å². The minimum atomic E-state index is 0.214. The number of rotatable bonds is 3. The van der Waals surface area contributed by atoms with E-state index in [9.17, 15) is 5.11 Å². The molecule has 0 radical (unpaired) electrons. The molecule has 0 saturated carbocycles. The Labute approximate surface area is 105 Å². The Balaban J connectivity index is 1.81. The van der Waals surface area contributed by atoms with Crippen LogP contribution >= 0.6 is 0 Å². The van der Waals surface area contributed by atoms with E-state index in [1.807, 2.05) is 30.5 Å². The van der Waals surface area contributed by atoms with Gasteiger partial charge in [0.15, 0.2) is 0 Å². The first kappa shape index (κ1) is 10.7. The summed E-state index contributed by atoms with van der Waals surface area (Å²) in [5, 5.41) is 10.5. The second-order valence-electron chi connectivity index (χ2n) is 4.15. The highest BCUT2D eigenvalue weighted by molar-refractivity contribution is 5.82.